The van der Waals surface area contributed by atoms with Crippen LogP contribution >= 0.6 is 0 Å². The topological polar surface area (TPSA) is 0 Å². The Morgan fingerprint density at radius 1 is 0.432 bits per heavy atom. The molecule has 37 heavy (non-hydrogen) atoms. The van der Waals surface area contributed by atoms with Crippen molar-refractivity contribution in [3.05, 3.63) is 155 Å². The van der Waals surface area contributed by atoms with Crippen molar-refractivity contribution < 1.29 is 50.7 Å². The van der Waals surface area contributed by atoms with E-state index in [1.54, 1.807) is 0 Å². The van der Waals surface area contributed by atoms with Gasteiger partial charge in [0.15, 0.2) is 0 Å². The molecule has 0 bridgehead atoms. The van der Waals surface area contributed by atoms with E-state index in [2.05, 4.69) is 127 Å². The van der Waals surface area contributed by atoms with Crippen LogP contribution in [0.1, 0.15) is 52.0 Å². The molecular weight excluding hydrogens is 658 g/mol. The summed E-state index contributed by atoms with van der Waals surface area (Å²) >= 11 is 0. The van der Waals surface area contributed by atoms with E-state index < -0.39 is 0 Å². The zero-order chi connectivity index (χ0) is 22.5. The molecule has 1 atom stereocenters. The van der Waals surface area contributed by atoms with Gasteiger partial charge >= 0.3 is 0 Å². The number of benzene rings is 5. The van der Waals surface area contributed by atoms with Crippen LogP contribution in [0.2, 0.25) is 0 Å². The average molecular weight is 684 g/mol. The molecule has 0 aliphatic heterocycles. The fourth-order valence-electron chi connectivity index (χ4n) is 6.56. The first-order valence-electron chi connectivity index (χ1n) is 12.3. The van der Waals surface area contributed by atoms with Crippen molar-refractivity contribution in [3.8, 4) is 22.3 Å². The number of hydrogen-bond acceptors (Lipinski definition) is 0. The minimum Gasteiger partial charge on any atom is -1.00 e. The molecule has 0 nitrogen and oxygen atoms in total. The van der Waals surface area contributed by atoms with Gasteiger partial charge in [-0.3, -0.25) is 0 Å². The summed E-state index contributed by atoms with van der Waals surface area (Å²) in [5, 5.41) is 0. The third-order valence-electron chi connectivity index (χ3n) is 7.96. The molecule has 0 spiro atoms. The maximum atomic E-state index is 2.35. The summed E-state index contributed by atoms with van der Waals surface area (Å²) in [7, 11) is 0. The zero-order valence-corrected chi connectivity index (χ0v) is 25.4. The molecule has 2 aliphatic rings. The van der Waals surface area contributed by atoms with Gasteiger partial charge < -0.3 is 24.8 Å². The van der Waals surface area contributed by atoms with Gasteiger partial charge in [0.1, 0.15) is 0 Å². The molecule has 0 saturated heterocycles. The summed E-state index contributed by atoms with van der Waals surface area (Å²) in [6.45, 7) is 0. The predicted molar refractivity (Wildman–Crippen MR) is 141 cm³/mol. The zero-order valence-electron chi connectivity index (χ0n) is 20.3. The fourth-order valence-corrected chi connectivity index (χ4v) is 6.56. The average Bonchev–Trinajstić information content (AvgIpc) is 3.41. The van der Waals surface area contributed by atoms with E-state index >= 15 is 0 Å². The third kappa shape index (κ3) is 4.56. The Kier molecular flexibility index (Phi) is 8.59. The molecule has 0 saturated carbocycles. The van der Waals surface area contributed by atoms with Crippen LogP contribution in [0.5, 0.6) is 0 Å². The molecule has 5 aromatic carbocycles. The van der Waals surface area contributed by atoms with Gasteiger partial charge in [-0.25, -0.2) is 0 Å². The molecule has 0 N–H and O–H groups in total. The first-order chi connectivity index (χ1) is 16.9. The molecule has 0 fully saturated rings. The smallest absolute Gasteiger partial charge is 0.0171 e. The van der Waals surface area contributed by atoms with E-state index in [9.17, 15) is 0 Å². The Balaban J connectivity index is 0.00000107. The van der Waals surface area contributed by atoms with Crippen LogP contribution in [-0.2, 0) is 25.8 Å². The fraction of sp³-hybridized carbons (Fsp3) is 0.118. The van der Waals surface area contributed by atoms with Crippen molar-refractivity contribution in [2.75, 3.05) is 0 Å². The van der Waals surface area contributed by atoms with E-state index in [1.165, 1.54) is 50.1 Å². The summed E-state index contributed by atoms with van der Waals surface area (Å²) in [6, 6.07) is 47.3. The molecule has 2 aliphatic carbocycles. The molecular formula is C34H26Cl2Hf-2. The minimum absolute atomic E-state index is 0. The second kappa shape index (κ2) is 11.5. The van der Waals surface area contributed by atoms with Crippen molar-refractivity contribution in [3.63, 3.8) is 0 Å². The first-order valence-corrected chi connectivity index (χ1v) is 12.3. The van der Waals surface area contributed by atoms with Gasteiger partial charge in [0, 0.05) is 37.7 Å². The Morgan fingerprint density at radius 2 is 0.784 bits per heavy atom. The Hall–Kier alpha value is -2.45. The Morgan fingerprint density at radius 3 is 1.24 bits per heavy atom. The van der Waals surface area contributed by atoms with Crippen LogP contribution in [0.3, 0.4) is 0 Å². The van der Waals surface area contributed by atoms with E-state index in [4.69, 9.17) is 0 Å². The Labute approximate surface area is 250 Å². The number of hydrogen-bond donors (Lipinski definition) is 0. The third-order valence-corrected chi connectivity index (χ3v) is 7.96. The molecule has 182 valence electrons. The van der Waals surface area contributed by atoms with Crippen molar-refractivity contribution in [2.45, 2.75) is 24.2 Å². The number of rotatable bonds is 4. The summed E-state index contributed by atoms with van der Waals surface area (Å²) in [6.07, 6.45) is 1.09. The van der Waals surface area contributed by atoms with E-state index in [1.807, 2.05) is 0 Å². The standard InChI is InChI=1S/C34H26.2ClH.Hf/c1-2-12-23(13-3-1)32(34-30-20-10-8-16-26(30)27-17-9-11-21-31(27)34)22-33-28-18-6-4-14-24(28)25-15-5-7-19-29(25)33;;;/h1-21,32-34H,22H2;2*1H;/p-2. The molecule has 0 aromatic heterocycles. The van der Waals surface area contributed by atoms with Gasteiger partial charge in [0.25, 0.3) is 0 Å². The molecule has 7 rings (SSSR count). The minimum atomic E-state index is 0. The van der Waals surface area contributed by atoms with Crippen LogP contribution in [0, 0.1) is 0 Å². The van der Waals surface area contributed by atoms with Gasteiger partial charge in [0.05, 0.1) is 0 Å². The predicted octanol–water partition coefficient (Wildman–Crippen LogP) is 2.79. The van der Waals surface area contributed by atoms with Crippen molar-refractivity contribution in [1.29, 1.82) is 0 Å². The van der Waals surface area contributed by atoms with E-state index in [0.717, 1.165) is 6.42 Å². The van der Waals surface area contributed by atoms with E-state index in [0.29, 0.717) is 17.8 Å². The van der Waals surface area contributed by atoms with Gasteiger partial charge in [-0.1, -0.05) is 127 Å². The van der Waals surface area contributed by atoms with Crippen LogP contribution < -0.4 is 24.8 Å². The first kappa shape index (κ1) is 27.6. The van der Waals surface area contributed by atoms with Crippen LogP contribution in [0.15, 0.2) is 127 Å². The quantitative estimate of drug-likeness (QED) is 0.256. The van der Waals surface area contributed by atoms with Crippen molar-refractivity contribution in [2.24, 2.45) is 0 Å². The number of fused-ring (bicyclic) bond motifs is 6. The van der Waals surface area contributed by atoms with Crippen LogP contribution in [0.25, 0.3) is 22.3 Å². The van der Waals surface area contributed by atoms with Gasteiger partial charge in [-0.15, -0.1) is 0 Å². The van der Waals surface area contributed by atoms with E-state index in [-0.39, 0.29) is 50.7 Å². The monoisotopic (exact) mass is 684 g/mol. The van der Waals surface area contributed by atoms with Crippen LogP contribution in [0.4, 0.5) is 0 Å². The van der Waals surface area contributed by atoms with Gasteiger partial charge in [0.2, 0.25) is 0 Å². The Bertz CT molecular complexity index is 1420. The maximum absolute atomic E-state index is 2.35. The normalized spacial score (nSPS) is 13.6. The molecule has 0 heterocycles. The summed E-state index contributed by atoms with van der Waals surface area (Å²) < 4.78 is 0. The van der Waals surface area contributed by atoms with Crippen LogP contribution in [-0.4, -0.2) is 0 Å². The largest absolute Gasteiger partial charge is 1.00 e. The van der Waals surface area contributed by atoms with Gasteiger partial charge in [-0.2, -0.15) is 0 Å². The second-order valence-corrected chi connectivity index (χ2v) is 9.63. The molecule has 0 amide bonds. The summed E-state index contributed by atoms with van der Waals surface area (Å²) in [5.74, 6) is 1.14. The summed E-state index contributed by atoms with van der Waals surface area (Å²) in [5.41, 5.74) is 12.9. The second-order valence-electron chi connectivity index (χ2n) is 9.63. The molecule has 1 unspecified atom stereocenters. The van der Waals surface area contributed by atoms with Crippen molar-refractivity contribution >= 4 is 0 Å². The molecule has 5 aromatic rings. The van der Waals surface area contributed by atoms with Gasteiger partial charge in [-0.05, 0) is 62.4 Å². The number of halogens is 2. The molecule has 0 radical (unpaired) electrons. The molecule has 3 heteroatoms. The summed E-state index contributed by atoms with van der Waals surface area (Å²) in [4.78, 5) is 0. The SMILES string of the molecule is [Cl-].[Cl-].[Hf].c1ccc(C(CC2c3ccccc3-c3ccccc32)C2c3ccccc3-c3ccccc32)cc1. The maximum Gasteiger partial charge on any atom is 0.0171 e. The van der Waals surface area contributed by atoms with Crippen molar-refractivity contribution in [1.82, 2.24) is 0 Å².